The van der Waals surface area contributed by atoms with E-state index in [4.69, 9.17) is 10.1 Å². The van der Waals surface area contributed by atoms with Gasteiger partial charge >= 0.3 is 5.97 Å². The molecule has 0 fully saturated rings. The molecule has 23 heavy (non-hydrogen) atoms. The summed E-state index contributed by atoms with van der Waals surface area (Å²) in [5.41, 5.74) is 2.28. The lowest BCUT2D eigenvalue weighted by Crippen LogP contribution is -2.28. The summed E-state index contributed by atoms with van der Waals surface area (Å²) in [6.45, 7) is 5.55. The number of nitrogens with zero attached hydrogens (tertiary/aromatic N) is 2. The van der Waals surface area contributed by atoms with E-state index < -0.39 is 0 Å². The third-order valence-electron chi connectivity index (χ3n) is 3.76. The molecule has 1 aromatic heterocycles. The average Bonchev–Trinajstić information content (AvgIpc) is 2.78. The van der Waals surface area contributed by atoms with Gasteiger partial charge in [-0.1, -0.05) is 38.8 Å². The Balaban J connectivity index is 0.00000264. The van der Waals surface area contributed by atoms with Crippen LogP contribution in [0.4, 0.5) is 0 Å². The molecule has 2 aromatic rings. The number of hydrogen-bond donors (Lipinski definition) is 1. The Hall–Kier alpha value is -1.56. The lowest BCUT2D eigenvalue weighted by Gasteiger charge is -2.06. The Labute approximate surface area is 147 Å². The summed E-state index contributed by atoms with van der Waals surface area (Å²) in [4.78, 5) is 12.0. The molecule has 0 aliphatic carbocycles. The fourth-order valence-corrected chi connectivity index (χ4v) is 2.50. The van der Waals surface area contributed by atoms with Crippen molar-refractivity contribution in [3.8, 4) is 0 Å². The number of carbonyl (C=O) groups excluding carboxylic acids is 1. The summed E-state index contributed by atoms with van der Waals surface area (Å²) >= 11 is 0. The van der Waals surface area contributed by atoms with Gasteiger partial charge in [0.05, 0.1) is 17.6 Å². The van der Waals surface area contributed by atoms with Gasteiger partial charge in [0.2, 0.25) is 5.62 Å². The molecule has 0 bridgehead atoms. The highest BCUT2D eigenvalue weighted by atomic mass is 79.9. The smallest absolute Gasteiger partial charge is 0.326 e. The van der Waals surface area contributed by atoms with Gasteiger partial charge in [-0.05, 0) is 25.0 Å². The highest BCUT2D eigenvalue weighted by Gasteiger charge is 2.13. The lowest BCUT2D eigenvalue weighted by molar-refractivity contribution is -0.144. The zero-order valence-electron chi connectivity index (χ0n) is 13.9. The molecule has 6 heteroatoms. The van der Waals surface area contributed by atoms with E-state index in [-0.39, 0.29) is 29.5 Å². The molecule has 0 aliphatic rings. The molecule has 0 aliphatic heterocycles. The van der Waals surface area contributed by atoms with Crippen molar-refractivity contribution in [2.75, 3.05) is 6.61 Å². The van der Waals surface area contributed by atoms with Crippen LogP contribution in [0.15, 0.2) is 24.3 Å². The van der Waals surface area contributed by atoms with Crippen molar-refractivity contribution in [2.24, 2.45) is 0 Å². The topological polar surface area (TPSA) is 60.0 Å². The third kappa shape index (κ3) is 4.70. The summed E-state index contributed by atoms with van der Waals surface area (Å²) < 4.78 is 8.93. The lowest BCUT2D eigenvalue weighted by atomic mass is 10.3. The number of halogens is 1. The maximum atomic E-state index is 12.0. The molecular formula is C17H26BrN3O2. The van der Waals surface area contributed by atoms with Crippen LogP contribution in [0.25, 0.3) is 11.0 Å². The Morgan fingerprint density at radius 2 is 1.70 bits per heavy atom. The van der Waals surface area contributed by atoms with E-state index in [0.717, 1.165) is 43.3 Å². The molecule has 1 aromatic carbocycles. The number of aromatic nitrogens is 2. The zero-order chi connectivity index (χ0) is 15.9. The molecule has 0 amide bonds. The zero-order valence-corrected chi connectivity index (χ0v) is 15.6. The molecular weight excluding hydrogens is 358 g/mol. The van der Waals surface area contributed by atoms with Crippen LogP contribution in [0.2, 0.25) is 0 Å². The summed E-state index contributed by atoms with van der Waals surface area (Å²) in [6.07, 6.45) is 3.97. The van der Waals surface area contributed by atoms with Crippen LogP contribution in [0, 0.1) is 5.41 Å². The number of hydrogen-bond acceptors (Lipinski definition) is 3. The third-order valence-corrected chi connectivity index (χ3v) is 3.76. The minimum atomic E-state index is -0.273. The van der Waals surface area contributed by atoms with Gasteiger partial charge in [0.15, 0.2) is 0 Å². The largest absolute Gasteiger partial charge is 0.464 e. The van der Waals surface area contributed by atoms with Crippen molar-refractivity contribution >= 4 is 34.0 Å². The summed E-state index contributed by atoms with van der Waals surface area (Å²) in [5.74, 6) is -0.273. The van der Waals surface area contributed by atoms with Gasteiger partial charge in [-0.25, -0.2) is 0 Å². The molecule has 1 N–H and O–H groups in total. The number of nitrogens with one attached hydrogen (secondary N) is 1. The predicted octanol–water partition coefficient (Wildman–Crippen LogP) is 3.64. The summed E-state index contributed by atoms with van der Waals surface area (Å²) in [6, 6.07) is 7.86. The van der Waals surface area contributed by atoms with E-state index in [1.165, 1.54) is 0 Å². The second kappa shape index (κ2) is 9.55. The van der Waals surface area contributed by atoms with Gasteiger partial charge in [0, 0.05) is 6.54 Å². The number of ether oxygens (including phenoxy) is 1. The minimum absolute atomic E-state index is 0. The second-order valence-corrected chi connectivity index (χ2v) is 5.48. The van der Waals surface area contributed by atoms with Crippen LogP contribution in [-0.2, 0) is 22.6 Å². The molecule has 0 saturated heterocycles. The van der Waals surface area contributed by atoms with Gasteiger partial charge in [0.1, 0.15) is 6.54 Å². The van der Waals surface area contributed by atoms with Crippen molar-refractivity contribution in [1.82, 2.24) is 9.13 Å². The Kier molecular flexibility index (Phi) is 8.09. The van der Waals surface area contributed by atoms with Crippen molar-refractivity contribution in [1.29, 1.82) is 5.41 Å². The Morgan fingerprint density at radius 3 is 2.30 bits per heavy atom. The van der Waals surface area contributed by atoms with Gasteiger partial charge in [-0.3, -0.25) is 14.8 Å². The van der Waals surface area contributed by atoms with Crippen molar-refractivity contribution in [3.05, 3.63) is 29.9 Å². The number of para-hydroxylation sites is 2. The maximum absolute atomic E-state index is 12.0. The van der Waals surface area contributed by atoms with Gasteiger partial charge < -0.3 is 9.30 Å². The predicted molar refractivity (Wildman–Crippen MR) is 96.9 cm³/mol. The molecule has 0 saturated carbocycles. The van der Waals surface area contributed by atoms with Crippen LogP contribution in [0.5, 0.6) is 0 Å². The quantitative estimate of drug-likeness (QED) is 0.558. The highest BCUT2D eigenvalue weighted by molar-refractivity contribution is 8.93. The molecule has 0 atom stereocenters. The fourth-order valence-electron chi connectivity index (χ4n) is 2.50. The first-order valence-electron chi connectivity index (χ1n) is 8.07. The number of unbranched alkanes of at least 4 members (excludes halogenated alkanes) is 2. The van der Waals surface area contributed by atoms with E-state index in [1.807, 2.05) is 28.8 Å². The summed E-state index contributed by atoms with van der Waals surface area (Å²) in [5, 5.41) is 8.38. The van der Waals surface area contributed by atoms with Crippen LogP contribution >= 0.6 is 17.0 Å². The van der Waals surface area contributed by atoms with Gasteiger partial charge in [-0.15, -0.1) is 17.0 Å². The molecule has 0 spiro atoms. The molecule has 0 radical (unpaired) electrons. The second-order valence-electron chi connectivity index (χ2n) is 5.48. The van der Waals surface area contributed by atoms with E-state index >= 15 is 0 Å². The maximum Gasteiger partial charge on any atom is 0.326 e. The van der Waals surface area contributed by atoms with Crippen molar-refractivity contribution in [3.63, 3.8) is 0 Å². The number of rotatable bonds is 8. The van der Waals surface area contributed by atoms with Gasteiger partial charge in [-0.2, -0.15) is 0 Å². The molecule has 1 heterocycles. The van der Waals surface area contributed by atoms with Crippen molar-refractivity contribution in [2.45, 2.75) is 52.6 Å². The number of esters is 1. The number of aryl methyl sites for hydroxylation is 1. The van der Waals surface area contributed by atoms with E-state index in [1.54, 1.807) is 4.57 Å². The SMILES string of the molecule is Br.CCCCOC(=O)Cn1c(=N)n(CCCC)c2ccccc21. The van der Waals surface area contributed by atoms with Crippen LogP contribution in [0.1, 0.15) is 39.5 Å². The van der Waals surface area contributed by atoms with E-state index in [2.05, 4.69) is 13.8 Å². The molecule has 2 rings (SSSR count). The van der Waals surface area contributed by atoms with Crippen molar-refractivity contribution < 1.29 is 9.53 Å². The first kappa shape index (κ1) is 19.5. The number of imidazole rings is 1. The van der Waals surface area contributed by atoms with E-state index in [0.29, 0.717) is 12.2 Å². The summed E-state index contributed by atoms with van der Waals surface area (Å²) in [7, 11) is 0. The van der Waals surface area contributed by atoms with Crippen LogP contribution in [0.3, 0.4) is 0 Å². The first-order chi connectivity index (χ1) is 10.7. The molecule has 0 unspecified atom stereocenters. The monoisotopic (exact) mass is 383 g/mol. The normalized spacial score (nSPS) is 10.5. The number of carbonyl (C=O) groups is 1. The number of fused-ring (bicyclic) bond motifs is 1. The minimum Gasteiger partial charge on any atom is -0.464 e. The van der Waals surface area contributed by atoms with Crippen LogP contribution < -0.4 is 5.62 Å². The Bertz CT molecular complexity index is 691. The Morgan fingerprint density at radius 1 is 1.09 bits per heavy atom. The number of benzene rings is 1. The van der Waals surface area contributed by atoms with Crippen LogP contribution in [-0.4, -0.2) is 21.7 Å². The average molecular weight is 384 g/mol. The van der Waals surface area contributed by atoms with E-state index in [9.17, 15) is 4.79 Å². The standard InChI is InChI=1S/C17H25N3O2.BrH/c1-3-5-11-19-14-9-7-8-10-15(14)20(17(19)18)13-16(21)22-12-6-4-2;/h7-10,18H,3-6,11-13H2,1-2H3;1H. The molecule has 5 nitrogen and oxygen atoms in total. The fraction of sp³-hybridized carbons (Fsp3) is 0.529. The highest BCUT2D eigenvalue weighted by Crippen LogP contribution is 2.13. The van der Waals surface area contributed by atoms with Gasteiger partial charge in [0.25, 0.3) is 0 Å². The molecule has 128 valence electrons. The first-order valence-corrected chi connectivity index (χ1v) is 8.07.